The molecule has 0 saturated heterocycles. The maximum atomic E-state index is 17.9. The monoisotopic (exact) mass is 700 g/mol. The van der Waals surface area contributed by atoms with E-state index in [2.05, 4.69) is 4.98 Å². The minimum atomic E-state index is -2.52. The van der Waals surface area contributed by atoms with E-state index in [1.165, 1.54) is 22.5 Å². The van der Waals surface area contributed by atoms with Gasteiger partial charge in [0.1, 0.15) is 24.8 Å². The van der Waals surface area contributed by atoms with Crippen LogP contribution in [0.3, 0.4) is 0 Å². The molecule has 1 N–H and O–H groups in total. The second kappa shape index (κ2) is 16.8. The predicted octanol–water partition coefficient (Wildman–Crippen LogP) is 7.32. The molecule has 0 aliphatic heterocycles. The third-order valence-corrected chi connectivity index (χ3v) is 14.8. The van der Waals surface area contributed by atoms with Crippen LogP contribution in [0.4, 0.5) is 4.39 Å². The number of halogens is 1. The normalized spacial score (nSPS) is 15.2. The Bertz CT molecular complexity index is 1610. The third-order valence-electron chi connectivity index (χ3n) is 8.73. The van der Waals surface area contributed by atoms with Crippen molar-refractivity contribution < 1.29 is 27.9 Å². The summed E-state index contributed by atoms with van der Waals surface area (Å²) in [5.41, 5.74) is -2.14. The number of rotatable bonds is 16. The lowest BCUT2D eigenvalue weighted by Crippen LogP contribution is -2.56. The molecular formula is C36H49FN2O7SSi. The Morgan fingerprint density at radius 2 is 1.38 bits per heavy atom. The van der Waals surface area contributed by atoms with Crippen LogP contribution < -0.4 is 11.2 Å². The highest BCUT2D eigenvalue weighted by atomic mass is 32.2. The lowest BCUT2D eigenvalue weighted by molar-refractivity contribution is -0.0850. The fourth-order valence-corrected chi connectivity index (χ4v) is 9.78. The highest BCUT2D eigenvalue weighted by molar-refractivity contribution is 8.00. The maximum absolute atomic E-state index is 17.9. The number of esters is 2. The largest absolute Gasteiger partial charge is 0.461 e. The first kappa shape index (κ1) is 39.0. The topological polar surface area (TPSA) is 117 Å². The smallest absolute Gasteiger partial charge is 0.338 e. The summed E-state index contributed by atoms with van der Waals surface area (Å²) in [6.07, 6.45) is -1.63. The van der Waals surface area contributed by atoms with E-state index >= 15 is 4.39 Å². The van der Waals surface area contributed by atoms with Crippen LogP contribution in [0.5, 0.6) is 0 Å². The molecule has 0 radical (unpaired) electrons. The molecule has 2 aromatic carbocycles. The number of aromatic amines is 1. The van der Waals surface area contributed by atoms with Gasteiger partial charge in [0.25, 0.3) is 5.56 Å². The molecule has 48 heavy (non-hydrogen) atoms. The molecule has 0 saturated carbocycles. The van der Waals surface area contributed by atoms with Gasteiger partial charge in [0.2, 0.25) is 0 Å². The minimum absolute atomic E-state index is 0.234. The molecule has 0 fully saturated rings. The van der Waals surface area contributed by atoms with Gasteiger partial charge in [-0.2, -0.15) is 0 Å². The Morgan fingerprint density at radius 3 is 1.85 bits per heavy atom. The van der Waals surface area contributed by atoms with Crippen molar-refractivity contribution in [2.75, 3.05) is 13.2 Å². The SMILES string of the molecule is CC[Si](CC)(CC)O[C@@H](COC(=O)c1ccccc1)[C@@](C)(COC(=O)c1ccccc1)[C@H](F)[C@@H](SC(C)(C)C)n1cc(C)c(=O)[nH]c1=O. The van der Waals surface area contributed by atoms with Crippen molar-refractivity contribution in [1.82, 2.24) is 9.55 Å². The van der Waals surface area contributed by atoms with Gasteiger partial charge in [-0.05, 0) is 49.3 Å². The summed E-state index contributed by atoms with van der Waals surface area (Å²) in [5.74, 6) is -1.26. The Balaban J connectivity index is 2.21. The quantitative estimate of drug-likeness (QED) is 0.122. The second-order valence-electron chi connectivity index (χ2n) is 13.3. The number of hydrogen-bond acceptors (Lipinski definition) is 8. The summed E-state index contributed by atoms with van der Waals surface area (Å²) in [4.78, 5) is 54.4. The maximum Gasteiger partial charge on any atom is 0.338 e. The lowest BCUT2D eigenvalue weighted by atomic mass is 9.80. The number of carbonyl (C=O) groups is 2. The van der Waals surface area contributed by atoms with Gasteiger partial charge in [-0.1, -0.05) is 84.9 Å². The zero-order chi connectivity index (χ0) is 35.7. The van der Waals surface area contributed by atoms with E-state index in [1.54, 1.807) is 74.5 Å². The van der Waals surface area contributed by atoms with E-state index in [4.69, 9.17) is 13.9 Å². The number of nitrogens with one attached hydrogen (secondary N) is 1. The van der Waals surface area contributed by atoms with Crippen LogP contribution >= 0.6 is 11.8 Å². The van der Waals surface area contributed by atoms with Crippen molar-refractivity contribution in [2.45, 2.75) is 95.9 Å². The number of benzene rings is 2. The number of nitrogens with zero attached hydrogens (tertiary/aromatic N) is 1. The van der Waals surface area contributed by atoms with E-state index in [9.17, 15) is 19.2 Å². The molecule has 0 aliphatic carbocycles. The van der Waals surface area contributed by atoms with Gasteiger partial charge in [0.15, 0.2) is 8.32 Å². The Morgan fingerprint density at radius 1 is 0.875 bits per heavy atom. The molecule has 1 heterocycles. The van der Waals surface area contributed by atoms with E-state index in [0.29, 0.717) is 5.56 Å². The van der Waals surface area contributed by atoms with Crippen LogP contribution in [0.1, 0.15) is 80.1 Å². The van der Waals surface area contributed by atoms with Crippen LogP contribution in [0.15, 0.2) is 76.4 Å². The zero-order valence-electron chi connectivity index (χ0n) is 29.2. The second-order valence-corrected chi connectivity index (χ2v) is 19.9. The van der Waals surface area contributed by atoms with Crippen LogP contribution in [-0.2, 0) is 13.9 Å². The summed E-state index contributed by atoms with van der Waals surface area (Å²) in [7, 11) is -2.52. The molecule has 0 bridgehead atoms. The van der Waals surface area contributed by atoms with Crippen LogP contribution in [0.25, 0.3) is 0 Å². The van der Waals surface area contributed by atoms with Gasteiger partial charge in [0, 0.05) is 16.5 Å². The first-order valence-electron chi connectivity index (χ1n) is 16.4. The van der Waals surface area contributed by atoms with Crippen molar-refractivity contribution in [3.63, 3.8) is 0 Å². The van der Waals surface area contributed by atoms with Crippen LogP contribution in [0, 0.1) is 12.3 Å². The van der Waals surface area contributed by atoms with Crippen molar-refractivity contribution in [3.8, 4) is 0 Å². The molecule has 3 rings (SSSR count). The molecule has 0 spiro atoms. The summed E-state index contributed by atoms with van der Waals surface area (Å²) in [5, 5.41) is -1.19. The van der Waals surface area contributed by atoms with E-state index in [-0.39, 0.29) is 17.7 Å². The number of H-pyrrole nitrogens is 1. The Hall–Kier alpha value is -3.48. The molecular weight excluding hydrogens is 652 g/mol. The first-order chi connectivity index (χ1) is 22.6. The molecule has 262 valence electrons. The first-order valence-corrected chi connectivity index (χ1v) is 19.8. The Labute approximate surface area is 287 Å². The van der Waals surface area contributed by atoms with Crippen molar-refractivity contribution in [1.29, 1.82) is 0 Å². The predicted molar refractivity (Wildman–Crippen MR) is 191 cm³/mol. The van der Waals surface area contributed by atoms with Gasteiger partial charge < -0.3 is 13.9 Å². The standard InChI is InChI=1S/C36H49FN2O7SSi/c1-9-48(10-2,11-3)46-28(23-44-32(41)26-18-14-12-15-19-26)36(8,24-45-33(42)27-20-16-13-17-21-27)29(37)31(47-35(5,6)7)39-22-25(4)30(40)38-34(39)43/h12-22,28-29,31H,9-11,23-24H2,1-8H3,(H,38,40,43)/t28-,29+,31+,36+/m0/s1. The number of ether oxygens (including phenoxy) is 2. The highest BCUT2D eigenvalue weighted by Crippen LogP contribution is 2.47. The summed E-state index contributed by atoms with van der Waals surface area (Å²) >= 11 is 1.20. The number of alkyl halides is 1. The fraction of sp³-hybridized carbons (Fsp3) is 0.500. The van der Waals surface area contributed by atoms with Gasteiger partial charge in [-0.25, -0.2) is 18.8 Å². The lowest BCUT2D eigenvalue weighted by Gasteiger charge is -2.46. The van der Waals surface area contributed by atoms with Gasteiger partial charge >= 0.3 is 17.6 Å². The Kier molecular flexibility index (Phi) is 13.6. The minimum Gasteiger partial charge on any atom is -0.461 e. The van der Waals surface area contributed by atoms with Crippen LogP contribution in [-0.4, -0.2) is 60.0 Å². The number of hydrogen-bond donors (Lipinski definition) is 1. The number of aryl methyl sites for hydroxylation is 1. The number of thioether (sulfide) groups is 1. The van der Waals surface area contributed by atoms with Gasteiger partial charge in [0.05, 0.1) is 22.6 Å². The van der Waals surface area contributed by atoms with Gasteiger partial charge in [-0.15, -0.1) is 11.8 Å². The average molecular weight is 701 g/mol. The molecule has 0 aliphatic rings. The van der Waals surface area contributed by atoms with Crippen LogP contribution in [0.2, 0.25) is 18.1 Å². The number of carbonyl (C=O) groups excluding carboxylic acids is 2. The molecule has 0 amide bonds. The van der Waals surface area contributed by atoms with Crippen molar-refractivity contribution >= 4 is 32.0 Å². The number of aromatic nitrogens is 2. The fourth-order valence-electron chi connectivity index (χ4n) is 5.42. The summed E-state index contributed by atoms with van der Waals surface area (Å²) in [6, 6.07) is 19.0. The molecule has 0 unspecified atom stereocenters. The van der Waals surface area contributed by atoms with E-state index in [1.807, 2.05) is 41.5 Å². The van der Waals surface area contributed by atoms with Gasteiger partial charge in [-0.3, -0.25) is 14.3 Å². The average Bonchev–Trinajstić information content (AvgIpc) is 3.08. The molecule has 9 nitrogen and oxygen atoms in total. The highest BCUT2D eigenvalue weighted by Gasteiger charge is 2.52. The summed E-state index contributed by atoms with van der Waals surface area (Å²) < 4.78 is 37.2. The molecule has 12 heteroatoms. The van der Waals surface area contributed by atoms with Crippen molar-refractivity contribution in [2.24, 2.45) is 5.41 Å². The van der Waals surface area contributed by atoms with E-state index < -0.39 is 65.9 Å². The molecule has 3 aromatic rings. The summed E-state index contributed by atoms with van der Waals surface area (Å²) in [6.45, 7) is 14.2. The third kappa shape index (κ3) is 9.79. The molecule has 4 atom stereocenters. The molecule has 1 aromatic heterocycles. The van der Waals surface area contributed by atoms with Crippen molar-refractivity contribution in [3.05, 3.63) is 104 Å². The zero-order valence-corrected chi connectivity index (χ0v) is 31.0. The van der Waals surface area contributed by atoms with E-state index in [0.717, 1.165) is 18.1 Å².